The lowest BCUT2D eigenvalue weighted by atomic mass is 10.1. The molecule has 164 valence electrons. The van der Waals surface area contributed by atoms with Crippen LogP contribution in [0.25, 0.3) is 0 Å². The van der Waals surface area contributed by atoms with E-state index in [9.17, 15) is 9.50 Å². The van der Waals surface area contributed by atoms with E-state index in [1.165, 1.54) is 11.6 Å². The Hall–Kier alpha value is -2.73. The van der Waals surface area contributed by atoms with Crippen LogP contribution < -0.4 is 10.1 Å². The second-order valence-corrected chi connectivity index (χ2v) is 7.97. The Morgan fingerprint density at radius 2 is 1.71 bits per heavy atom. The highest BCUT2D eigenvalue weighted by atomic mass is 19.1. The first-order valence-electron chi connectivity index (χ1n) is 10.6. The zero-order valence-electron chi connectivity index (χ0n) is 18.2. The van der Waals surface area contributed by atoms with E-state index < -0.39 is 6.10 Å². The minimum atomic E-state index is -0.565. The Kier molecular flexibility index (Phi) is 8.59. The number of likely N-dealkylation sites (N-methyl/N-ethyl adjacent to an activating group) is 1. The molecule has 3 aromatic carbocycles. The first-order valence-corrected chi connectivity index (χ1v) is 10.6. The summed E-state index contributed by atoms with van der Waals surface area (Å²) in [5, 5.41) is 13.6. The molecule has 0 aromatic heterocycles. The normalized spacial score (nSPS) is 12.2. The van der Waals surface area contributed by atoms with Crippen LogP contribution in [-0.4, -0.2) is 36.3 Å². The Morgan fingerprint density at radius 1 is 0.968 bits per heavy atom. The van der Waals surface area contributed by atoms with Crippen LogP contribution >= 0.6 is 0 Å². The minimum Gasteiger partial charge on any atom is -0.491 e. The standard InChI is InChI=1S/C26H31FN2O2/c1-20-8-11-24(27)14-23(20)16-28-15-21-9-12-26(13-10-21)31-19-25(30)18-29(2)17-22-6-4-3-5-7-22/h3-14,25,28,30H,15-19H2,1-2H3. The number of aliphatic hydroxyl groups excluding tert-OH is 1. The number of hydrogen-bond donors (Lipinski definition) is 2. The molecule has 0 saturated carbocycles. The highest BCUT2D eigenvalue weighted by Crippen LogP contribution is 2.14. The molecular formula is C26H31FN2O2. The zero-order valence-corrected chi connectivity index (χ0v) is 18.2. The predicted molar refractivity (Wildman–Crippen MR) is 122 cm³/mol. The molecule has 0 aliphatic rings. The molecule has 0 saturated heterocycles. The first-order chi connectivity index (χ1) is 15.0. The van der Waals surface area contributed by atoms with Gasteiger partial charge in [0.1, 0.15) is 24.3 Å². The molecule has 0 fully saturated rings. The van der Waals surface area contributed by atoms with E-state index >= 15 is 0 Å². The van der Waals surface area contributed by atoms with Gasteiger partial charge in [0.15, 0.2) is 0 Å². The second-order valence-electron chi connectivity index (χ2n) is 7.97. The third-order valence-electron chi connectivity index (χ3n) is 5.14. The van der Waals surface area contributed by atoms with Crippen LogP contribution in [0.15, 0.2) is 72.8 Å². The van der Waals surface area contributed by atoms with Crippen LogP contribution in [0, 0.1) is 12.7 Å². The third kappa shape index (κ3) is 7.79. The third-order valence-corrected chi connectivity index (χ3v) is 5.14. The van der Waals surface area contributed by atoms with Crippen molar-refractivity contribution in [3.8, 4) is 5.75 Å². The maximum atomic E-state index is 13.4. The van der Waals surface area contributed by atoms with Crippen molar-refractivity contribution in [1.29, 1.82) is 0 Å². The lowest BCUT2D eigenvalue weighted by Gasteiger charge is -2.21. The lowest BCUT2D eigenvalue weighted by molar-refractivity contribution is 0.0744. The molecule has 2 N–H and O–H groups in total. The van der Waals surface area contributed by atoms with Gasteiger partial charge in [-0.05, 0) is 60.5 Å². The fraction of sp³-hybridized carbons (Fsp3) is 0.308. The number of hydrogen-bond acceptors (Lipinski definition) is 4. The summed E-state index contributed by atoms with van der Waals surface area (Å²) in [6.07, 6.45) is -0.565. The van der Waals surface area contributed by atoms with Crippen molar-refractivity contribution in [2.24, 2.45) is 0 Å². The molecule has 1 unspecified atom stereocenters. The molecule has 0 bridgehead atoms. The van der Waals surface area contributed by atoms with E-state index in [-0.39, 0.29) is 12.4 Å². The van der Waals surface area contributed by atoms with Crippen LogP contribution in [0.2, 0.25) is 0 Å². The molecule has 0 amide bonds. The van der Waals surface area contributed by atoms with Crippen LogP contribution in [0.4, 0.5) is 4.39 Å². The van der Waals surface area contributed by atoms with Gasteiger partial charge >= 0.3 is 0 Å². The minimum absolute atomic E-state index is 0.211. The van der Waals surface area contributed by atoms with Crippen LogP contribution in [0.3, 0.4) is 0 Å². The van der Waals surface area contributed by atoms with Gasteiger partial charge in [-0.1, -0.05) is 48.5 Å². The molecule has 4 nitrogen and oxygen atoms in total. The number of nitrogens with one attached hydrogen (secondary N) is 1. The number of nitrogens with zero attached hydrogens (tertiary/aromatic N) is 1. The van der Waals surface area contributed by atoms with Gasteiger partial charge in [-0.3, -0.25) is 4.90 Å². The molecule has 5 heteroatoms. The molecule has 31 heavy (non-hydrogen) atoms. The predicted octanol–water partition coefficient (Wildman–Crippen LogP) is 4.30. The van der Waals surface area contributed by atoms with Crippen molar-refractivity contribution in [3.05, 3.63) is 101 Å². The summed E-state index contributed by atoms with van der Waals surface area (Å²) in [5.74, 6) is 0.520. The number of aliphatic hydroxyl groups is 1. The van der Waals surface area contributed by atoms with Gasteiger partial charge < -0.3 is 15.2 Å². The summed E-state index contributed by atoms with van der Waals surface area (Å²) >= 11 is 0. The molecule has 3 aromatic rings. The molecule has 3 rings (SSSR count). The summed E-state index contributed by atoms with van der Waals surface area (Å²) in [7, 11) is 1.99. The lowest BCUT2D eigenvalue weighted by Crippen LogP contribution is -2.32. The summed E-state index contributed by atoms with van der Waals surface area (Å²) < 4.78 is 19.1. The van der Waals surface area contributed by atoms with Gasteiger partial charge in [-0.15, -0.1) is 0 Å². The Labute approximate surface area is 184 Å². The van der Waals surface area contributed by atoms with Gasteiger partial charge in [-0.25, -0.2) is 4.39 Å². The summed E-state index contributed by atoms with van der Waals surface area (Å²) in [4.78, 5) is 2.08. The first kappa shape index (κ1) is 22.9. The zero-order chi connectivity index (χ0) is 22.1. The van der Waals surface area contributed by atoms with Crippen LogP contribution in [0.5, 0.6) is 5.75 Å². The number of ether oxygens (including phenoxy) is 1. The quantitative estimate of drug-likeness (QED) is 0.484. The summed E-state index contributed by atoms with van der Waals surface area (Å²) in [5.41, 5.74) is 4.37. The van der Waals surface area contributed by atoms with Crippen molar-refractivity contribution in [2.75, 3.05) is 20.2 Å². The maximum Gasteiger partial charge on any atom is 0.123 e. The van der Waals surface area contributed by atoms with Crippen molar-refractivity contribution in [2.45, 2.75) is 32.7 Å². The van der Waals surface area contributed by atoms with Gasteiger partial charge in [-0.2, -0.15) is 0 Å². The molecule has 0 radical (unpaired) electrons. The molecular weight excluding hydrogens is 391 g/mol. The van der Waals surface area contributed by atoms with E-state index in [0.29, 0.717) is 19.6 Å². The number of halogens is 1. The van der Waals surface area contributed by atoms with Crippen molar-refractivity contribution in [1.82, 2.24) is 10.2 Å². The van der Waals surface area contributed by atoms with E-state index in [4.69, 9.17) is 4.74 Å². The van der Waals surface area contributed by atoms with Crippen LogP contribution in [0.1, 0.15) is 22.3 Å². The Morgan fingerprint density at radius 3 is 2.45 bits per heavy atom. The largest absolute Gasteiger partial charge is 0.491 e. The number of aryl methyl sites for hydroxylation is 1. The van der Waals surface area contributed by atoms with Gasteiger partial charge in [0.05, 0.1) is 0 Å². The molecule has 0 spiro atoms. The highest BCUT2D eigenvalue weighted by Gasteiger charge is 2.10. The number of rotatable bonds is 11. The van der Waals surface area contributed by atoms with Crippen molar-refractivity contribution >= 4 is 0 Å². The highest BCUT2D eigenvalue weighted by molar-refractivity contribution is 5.28. The Bertz CT molecular complexity index is 932. The molecule has 1 atom stereocenters. The molecule has 0 aliphatic heterocycles. The van der Waals surface area contributed by atoms with E-state index in [1.54, 1.807) is 12.1 Å². The molecule has 0 heterocycles. The van der Waals surface area contributed by atoms with Gasteiger partial charge in [0, 0.05) is 26.2 Å². The maximum absolute atomic E-state index is 13.4. The fourth-order valence-electron chi connectivity index (χ4n) is 3.44. The summed E-state index contributed by atoms with van der Waals surface area (Å²) in [6, 6.07) is 22.8. The Balaban J connectivity index is 1.38. The van der Waals surface area contributed by atoms with Crippen LogP contribution in [-0.2, 0) is 19.6 Å². The second kappa shape index (κ2) is 11.6. The van der Waals surface area contributed by atoms with Gasteiger partial charge in [0.2, 0.25) is 0 Å². The van der Waals surface area contributed by atoms with Crippen molar-refractivity contribution in [3.63, 3.8) is 0 Å². The summed E-state index contributed by atoms with van der Waals surface area (Å²) in [6.45, 7) is 4.85. The van der Waals surface area contributed by atoms with E-state index in [2.05, 4.69) is 22.3 Å². The topological polar surface area (TPSA) is 44.7 Å². The van der Waals surface area contributed by atoms with E-state index in [0.717, 1.165) is 29.0 Å². The smallest absolute Gasteiger partial charge is 0.123 e. The average Bonchev–Trinajstić information content (AvgIpc) is 2.76. The fourth-order valence-corrected chi connectivity index (χ4v) is 3.44. The van der Waals surface area contributed by atoms with Gasteiger partial charge in [0.25, 0.3) is 0 Å². The van der Waals surface area contributed by atoms with E-state index in [1.807, 2.05) is 56.4 Å². The SMILES string of the molecule is Cc1ccc(F)cc1CNCc1ccc(OCC(O)CN(C)Cc2ccccc2)cc1. The molecule has 0 aliphatic carbocycles. The monoisotopic (exact) mass is 422 g/mol. The van der Waals surface area contributed by atoms with Crippen molar-refractivity contribution < 1.29 is 14.2 Å². The average molecular weight is 423 g/mol. The number of benzene rings is 3.